The van der Waals surface area contributed by atoms with Crippen molar-refractivity contribution >= 4 is 56.7 Å². The van der Waals surface area contributed by atoms with Crippen LogP contribution in [0.1, 0.15) is 0 Å². The van der Waals surface area contributed by atoms with Crippen molar-refractivity contribution in [3.8, 4) is 34.3 Å². The van der Waals surface area contributed by atoms with E-state index in [-0.39, 0.29) is 22.8 Å². The Morgan fingerprint density at radius 2 is 1.58 bits per heavy atom. The molecule has 16 nitrogen and oxygen atoms in total. The van der Waals surface area contributed by atoms with Gasteiger partial charge in [-0.05, 0) is 68.9 Å². The molecular weight excluding hydrogens is 663 g/mol. The van der Waals surface area contributed by atoms with E-state index in [0.29, 0.717) is 5.69 Å². The number of hydrogen-bond donors (Lipinski definition) is 0. The van der Waals surface area contributed by atoms with Crippen molar-refractivity contribution in [2.24, 2.45) is 0 Å². The van der Waals surface area contributed by atoms with Gasteiger partial charge in [0.25, 0.3) is 11.4 Å². The van der Waals surface area contributed by atoms with Crippen LogP contribution >= 0.6 is 22.6 Å². The number of hydrogen-bond acceptors (Lipinski definition) is 12. The molecule has 0 amide bonds. The predicted molar refractivity (Wildman–Crippen MR) is 133 cm³/mol. The average Bonchev–Trinajstić information content (AvgIpc) is 3.28. The van der Waals surface area contributed by atoms with Gasteiger partial charge >= 0.3 is 11.5 Å². The molecule has 4 aromatic rings. The van der Waals surface area contributed by atoms with E-state index in [1.54, 1.807) is 24.3 Å². The van der Waals surface area contributed by atoms with Crippen LogP contribution < -0.4 is 13.2 Å². The fourth-order valence-electron chi connectivity index (χ4n) is 3.19. The number of nitro benzene ring substituents is 2. The van der Waals surface area contributed by atoms with Crippen molar-refractivity contribution in [1.82, 2.24) is 15.0 Å². The van der Waals surface area contributed by atoms with Crippen LogP contribution in [0.25, 0.3) is 22.8 Å². The van der Waals surface area contributed by atoms with E-state index in [4.69, 9.17) is 4.18 Å². The molecule has 0 aliphatic heterocycles. The van der Waals surface area contributed by atoms with Crippen molar-refractivity contribution in [3.05, 3.63) is 84.5 Å². The zero-order valence-corrected chi connectivity index (χ0v) is 22.0. The van der Waals surface area contributed by atoms with Crippen LogP contribution in [-0.4, -0.2) is 42.4 Å². The molecule has 38 heavy (non-hydrogen) atoms. The number of benzene rings is 3. The third-order valence-corrected chi connectivity index (χ3v) is 6.08. The van der Waals surface area contributed by atoms with Crippen molar-refractivity contribution in [3.63, 3.8) is 0 Å². The maximum Gasteiger partial charge on any atom is 0.343 e. The van der Waals surface area contributed by atoms with Gasteiger partial charge < -0.3 is 17.5 Å². The van der Waals surface area contributed by atoms with Gasteiger partial charge in [-0.1, -0.05) is 0 Å². The Balaban J connectivity index is 1.97. The first-order valence-corrected chi connectivity index (χ1v) is 12.9. The summed E-state index contributed by atoms with van der Waals surface area (Å²) in [7, 11) is 0. The zero-order chi connectivity index (χ0) is 27.6. The molecule has 4 rings (SSSR count). The Bertz CT molecular complexity index is 1610. The zero-order valence-electron chi connectivity index (χ0n) is 18.2. The molecule has 1 heterocycles. The van der Waals surface area contributed by atoms with E-state index >= 15 is 0 Å². The second kappa shape index (κ2) is 11.2. The maximum absolute atomic E-state index is 11.8. The molecule has 0 aliphatic carbocycles. The minimum Gasteiger partial charge on any atom is -0.740 e. The minimum absolute atomic E-state index is 0.0548. The lowest BCUT2D eigenvalue weighted by Gasteiger charge is -2.12. The monoisotopic (exact) mass is 673 g/mol. The van der Waals surface area contributed by atoms with Gasteiger partial charge in [-0.3, -0.25) is 20.2 Å². The average molecular weight is 673 g/mol. The summed E-state index contributed by atoms with van der Waals surface area (Å²) < 4.78 is 54.5. The first kappa shape index (κ1) is 27.1. The van der Waals surface area contributed by atoms with Crippen LogP contribution in [0.3, 0.4) is 0 Å². The first-order chi connectivity index (χ1) is 18.0. The highest BCUT2D eigenvalue weighted by atomic mass is 127. The highest BCUT2D eigenvalue weighted by Crippen LogP contribution is 2.33. The Morgan fingerprint density at radius 1 is 0.895 bits per heavy atom. The summed E-state index contributed by atoms with van der Waals surface area (Å²) in [4.78, 5) is 23.5. The topological polar surface area (TPSA) is 220 Å². The number of halogens is 1. The summed E-state index contributed by atoms with van der Waals surface area (Å²) in [5.74, 6) is -0.892. The van der Waals surface area contributed by atoms with E-state index in [1.807, 2.05) is 0 Å². The van der Waals surface area contributed by atoms with Gasteiger partial charge in [0.15, 0.2) is 5.75 Å². The summed E-state index contributed by atoms with van der Waals surface area (Å²) >= 11 is -3.99. The molecule has 0 saturated carbocycles. The number of non-ortho nitro benzene ring substituents is 1. The number of nitrogens with zero attached hydrogens (tertiary/aromatic N) is 6. The van der Waals surface area contributed by atoms with Crippen LogP contribution in [0.2, 0.25) is 0 Å². The van der Waals surface area contributed by atoms with Crippen LogP contribution in [0.15, 0.2) is 60.7 Å². The standard InChI is InChI=1S/C19H11IN6O10S2/c20-11-1-3-12(4-2-11)23-21-19(15-7-6-14(35-37(31)32)10-18(15)36-38(33)34)22-24(23)16-8-5-13(25(27)28)9-17(16)26(29)30/h1-10H,(H-,31,32,33,34)/p-1. The molecule has 0 radical (unpaired) electrons. The Morgan fingerprint density at radius 3 is 2.18 bits per heavy atom. The SMILES string of the molecule is O=[N+]([O-])c1ccc(-[n+]2nc(-c3ccc(OS(=O)[O-])cc3OS(=O)[O-])nn2-c2ccc(I)cc2)c([N+](=O)[O-])c1. The van der Waals surface area contributed by atoms with E-state index in [2.05, 4.69) is 37.0 Å². The van der Waals surface area contributed by atoms with Crippen molar-refractivity contribution < 1.29 is 40.5 Å². The summed E-state index contributed by atoms with van der Waals surface area (Å²) in [6, 6.07) is 13.0. The van der Waals surface area contributed by atoms with Crippen LogP contribution in [0, 0.1) is 23.8 Å². The Labute approximate surface area is 230 Å². The van der Waals surface area contributed by atoms with Crippen LogP contribution in [0.4, 0.5) is 11.4 Å². The Hall–Kier alpha value is -3.92. The van der Waals surface area contributed by atoms with E-state index in [0.717, 1.165) is 37.4 Å². The van der Waals surface area contributed by atoms with Gasteiger partial charge in [-0.15, -0.1) is 0 Å². The molecule has 196 valence electrons. The van der Waals surface area contributed by atoms with Crippen molar-refractivity contribution in [1.29, 1.82) is 0 Å². The van der Waals surface area contributed by atoms with Crippen molar-refractivity contribution in [2.45, 2.75) is 0 Å². The molecule has 3 aromatic carbocycles. The fraction of sp³-hybridized carbons (Fsp3) is 0. The van der Waals surface area contributed by atoms with Gasteiger partial charge in [0.2, 0.25) is 0 Å². The lowest BCUT2D eigenvalue weighted by molar-refractivity contribution is -0.736. The number of tetrazole rings is 1. The largest absolute Gasteiger partial charge is 0.740 e. The molecule has 1 aromatic heterocycles. The molecule has 2 atom stereocenters. The third-order valence-electron chi connectivity index (χ3n) is 4.71. The summed E-state index contributed by atoms with van der Waals surface area (Å²) in [5, 5.41) is 31.6. The second-order valence-electron chi connectivity index (χ2n) is 7.00. The van der Waals surface area contributed by atoms with Crippen LogP contribution in [-0.2, 0) is 22.7 Å². The second-order valence-corrected chi connectivity index (χ2v) is 9.39. The lowest BCUT2D eigenvalue weighted by Crippen LogP contribution is -2.43. The van der Waals surface area contributed by atoms with Gasteiger partial charge in [0.05, 0.1) is 26.6 Å². The molecule has 0 fully saturated rings. The van der Waals surface area contributed by atoms with Gasteiger partial charge in [-0.2, -0.15) is 0 Å². The quantitative estimate of drug-likeness (QED) is 0.0819. The van der Waals surface area contributed by atoms with Crippen molar-refractivity contribution in [2.75, 3.05) is 0 Å². The fourth-order valence-corrected chi connectivity index (χ4v) is 4.10. The summed E-state index contributed by atoms with van der Waals surface area (Å²) in [6.45, 7) is 0. The van der Waals surface area contributed by atoms with E-state index in [9.17, 15) is 37.8 Å². The minimum atomic E-state index is -3.09. The lowest BCUT2D eigenvalue weighted by atomic mass is 10.2. The van der Waals surface area contributed by atoms with E-state index in [1.165, 1.54) is 12.1 Å². The Kier molecular flexibility index (Phi) is 8.01. The first-order valence-electron chi connectivity index (χ1n) is 9.82. The highest BCUT2D eigenvalue weighted by Gasteiger charge is 2.32. The van der Waals surface area contributed by atoms with Gasteiger partial charge in [-0.25, -0.2) is 8.42 Å². The molecule has 0 bridgehead atoms. The molecule has 0 saturated heterocycles. The van der Waals surface area contributed by atoms with E-state index < -0.39 is 49.7 Å². The molecular formula is C19H10IN6O10S2-. The molecule has 0 N–H and O–H groups in total. The number of aromatic nitrogens is 4. The molecule has 0 aliphatic rings. The highest BCUT2D eigenvalue weighted by molar-refractivity contribution is 14.1. The smallest absolute Gasteiger partial charge is 0.343 e. The third kappa shape index (κ3) is 5.96. The normalized spacial score (nSPS) is 12.5. The summed E-state index contributed by atoms with van der Waals surface area (Å²) in [5.41, 5.74) is -1.07. The summed E-state index contributed by atoms with van der Waals surface area (Å²) in [6.07, 6.45) is 0. The predicted octanol–water partition coefficient (Wildman–Crippen LogP) is 1.98. The van der Waals surface area contributed by atoms with Gasteiger partial charge in [0, 0.05) is 26.6 Å². The number of rotatable bonds is 9. The molecule has 0 spiro atoms. The number of nitro groups is 2. The maximum atomic E-state index is 11.8. The van der Waals surface area contributed by atoms with Gasteiger partial charge in [0.1, 0.15) is 34.2 Å². The van der Waals surface area contributed by atoms with Crippen LogP contribution in [0.5, 0.6) is 11.5 Å². The molecule has 19 heteroatoms. The molecule has 2 unspecified atom stereocenters.